The number of benzene rings is 1. The number of carbonyl (C=O) groups excluding carboxylic acids is 1. The number of anilines is 1. The highest BCUT2D eigenvalue weighted by molar-refractivity contribution is 5.99. The molecule has 7 nitrogen and oxygen atoms in total. The van der Waals surface area contributed by atoms with E-state index >= 15 is 0 Å². The van der Waals surface area contributed by atoms with E-state index in [2.05, 4.69) is 15.7 Å². The van der Waals surface area contributed by atoms with E-state index in [1.165, 1.54) is 20.4 Å². The molecule has 30 heavy (non-hydrogen) atoms. The Hall–Kier alpha value is -2.91. The number of fused-ring (bicyclic) bond motifs is 1. The zero-order chi connectivity index (χ0) is 22.3. The van der Waals surface area contributed by atoms with Gasteiger partial charge in [-0.2, -0.15) is 18.3 Å². The maximum atomic E-state index is 13.8. The number of rotatable bonds is 4. The predicted octanol–water partition coefficient (Wildman–Crippen LogP) is 4.09. The second kappa shape index (κ2) is 7.73. The molecule has 1 aromatic heterocycles. The van der Waals surface area contributed by atoms with Crippen LogP contribution in [0.2, 0.25) is 0 Å². The average molecular weight is 426 g/mol. The maximum Gasteiger partial charge on any atom is 0.410 e. The predicted molar refractivity (Wildman–Crippen MR) is 105 cm³/mol. The van der Waals surface area contributed by atoms with Crippen molar-refractivity contribution in [3.05, 3.63) is 35.5 Å². The molecule has 2 N–H and O–H groups in total. The Bertz CT molecular complexity index is 934. The summed E-state index contributed by atoms with van der Waals surface area (Å²) in [6.45, 7) is 5.37. The van der Waals surface area contributed by atoms with Crippen molar-refractivity contribution < 1.29 is 27.4 Å². The first-order valence-corrected chi connectivity index (χ1v) is 9.40. The summed E-state index contributed by atoms with van der Waals surface area (Å²) in [6, 6.07) is 2.36. The molecule has 0 bridgehead atoms. The van der Waals surface area contributed by atoms with E-state index in [4.69, 9.17) is 9.47 Å². The fraction of sp³-hybridized carbons (Fsp3) is 0.500. The first-order valence-electron chi connectivity index (χ1n) is 9.40. The number of amides is 1. The zero-order valence-electron chi connectivity index (χ0n) is 17.4. The number of alkyl halides is 3. The minimum atomic E-state index is -4.53. The SMILES string of the molecule is COc1ccc([C@@H]2C[C@@H](C(F)(F)F)n3ncc(C(=O)NC(C)(C)C)c3N2)cc1OC. The van der Waals surface area contributed by atoms with E-state index in [0.29, 0.717) is 17.1 Å². The molecule has 1 aliphatic rings. The van der Waals surface area contributed by atoms with E-state index in [1.54, 1.807) is 39.0 Å². The molecular formula is C20H25F3N4O3. The van der Waals surface area contributed by atoms with Crippen molar-refractivity contribution in [1.29, 1.82) is 0 Å². The van der Waals surface area contributed by atoms with Crippen LogP contribution in [0.25, 0.3) is 0 Å². The van der Waals surface area contributed by atoms with Gasteiger partial charge in [0.2, 0.25) is 0 Å². The number of carbonyl (C=O) groups is 1. The van der Waals surface area contributed by atoms with Gasteiger partial charge in [-0.3, -0.25) is 4.79 Å². The second-order valence-electron chi connectivity index (χ2n) is 8.16. The summed E-state index contributed by atoms with van der Waals surface area (Å²) < 4.78 is 52.8. The molecule has 0 radical (unpaired) electrons. The Balaban J connectivity index is 2.03. The highest BCUT2D eigenvalue weighted by Crippen LogP contribution is 2.45. The molecule has 1 aromatic carbocycles. The Morgan fingerprint density at radius 2 is 1.87 bits per heavy atom. The lowest BCUT2D eigenvalue weighted by molar-refractivity contribution is -0.173. The van der Waals surface area contributed by atoms with Gasteiger partial charge in [-0.05, 0) is 38.5 Å². The van der Waals surface area contributed by atoms with Crippen LogP contribution < -0.4 is 20.1 Å². The number of ether oxygens (including phenoxy) is 2. The average Bonchev–Trinajstić information content (AvgIpc) is 3.08. The van der Waals surface area contributed by atoms with Crippen LogP contribution >= 0.6 is 0 Å². The molecule has 2 aromatic rings. The molecule has 1 amide bonds. The maximum absolute atomic E-state index is 13.8. The first kappa shape index (κ1) is 21.8. The fourth-order valence-corrected chi connectivity index (χ4v) is 3.42. The van der Waals surface area contributed by atoms with Gasteiger partial charge in [0.15, 0.2) is 17.5 Å². The van der Waals surface area contributed by atoms with Gasteiger partial charge >= 0.3 is 6.18 Å². The third-order valence-corrected chi connectivity index (χ3v) is 4.78. The standard InChI is InChI=1S/C20H25F3N4O3/c1-19(2,3)26-18(28)12-10-24-27-16(20(21,22)23)9-13(25-17(12)27)11-6-7-14(29-4)15(8-11)30-5/h6-8,10,13,16,25H,9H2,1-5H3,(H,26,28)/t13-,16-/m0/s1. The zero-order valence-corrected chi connectivity index (χ0v) is 17.4. The van der Waals surface area contributed by atoms with E-state index in [1.807, 2.05) is 0 Å². The van der Waals surface area contributed by atoms with Gasteiger partial charge in [0.1, 0.15) is 11.4 Å². The number of nitrogens with one attached hydrogen (secondary N) is 2. The van der Waals surface area contributed by atoms with Gasteiger partial charge < -0.3 is 20.1 Å². The van der Waals surface area contributed by atoms with Crippen molar-refractivity contribution in [2.24, 2.45) is 0 Å². The van der Waals surface area contributed by atoms with Crippen LogP contribution in [0.5, 0.6) is 11.5 Å². The molecule has 0 fully saturated rings. The molecule has 0 unspecified atom stereocenters. The summed E-state index contributed by atoms with van der Waals surface area (Å²) in [5.41, 5.74) is 0.0908. The van der Waals surface area contributed by atoms with Gasteiger partial charge in [0.25, 0.3) is 5.91 Å². The molecule has 0 saturated heterocycles. The van der Waals surface area contributed by atoms with E-state index in [9.17, 15) is 18.0 Å². The minimum absolute atomic E-state index is 0.0325. The second-order valence-corrected chi connectivity index (χ2v) is 8.16. The third kappa shape index (κ3) is 4.31. The van der Waals surface area contributed by atoms with Crippen molar-refractivity contribution >= 4 is 11.7 Å². The number of nitrogens with zero attached hydrogens (tertiary/aromatic N) is 2. The summed E-state index contributed by atoms with van der Waals surface area (Å²) >= 11 is 0. The normalized spacial score (nSPS) is 18.9. The minimum Gasteiger partial charge on any atom is -0.493 e. The number of aromatic nitrogens is 2. The highest BCUT2D eigenvalue weighted by Gasteiger charge is 2.47. The van der Waals surface area contributed by atoms with E-state index in [0.717, 1.165) is 4.68 Å². The first-order chi connectivity index (χ1) is 13.9. The van der Waals surface area contributed by atoms with Crippen LogP contribution in [-0.2, 0) is 0 Å². The van der Waals surface area contributed by atoms with Gasteiger partial charge in [0.05, 0.1) is 26.5 Å². The number of halogens is 3. The lowest BCUT2D eigenvalue weighted by Gasteiger charge is -2.34. The van der Waals surface area contributed by atoms with Gasteiger partial charge in [0, 0.05) is 12.0 Å². The van der Waals surface area contributed by atoms with Crippen LogP contribution in [-0.4, -0.2) is 41.6 Å². The topological polar surface area (TPSA) is 77.4 Å². The molecule has 3 rings (SSSR count). The quantitative estimate of drug-likeness (QED) is 0.770. The smallest absolute Gasteiger partial charge is 0.410 e. The summed E-state index contributed by atoms with van der Waals surface area (Å²) in [7, 11) is 2.94. The van der Waals surface area contributed by atoms with Crippen molar-refractivity contribution in [3.63, 3.8) is 0 Å². The molecule has 1 aliphatic heterocycles. The molecule has 0 aliphatic carbocycles. The van der Waals surface area contributed by atoms with Crippen LogP contribution in [0.1, 0.15) is 55.2 Å². The van der Waals surface area contributed by atoms with Crippen molar-refractivity contribution in [1.82, 2.24) is 15.1 Å². The fourth-order valence-electron chi connectivity index (χ4n) is 3.42. The Morgan fingerprint density at radius 1 is 1.20 bits per heavy atom. The van der Waals surface area contributed by atoms with Gasteiger partial charge in [-0.25, -0.2) is 4.68 Å². The molecule has 0 spiro atoms. The molecular weight excluding hydrogens is 401 g/mol. The van der Waals surface area contributed by atoms with E-state index < -0.39 is 29.7 Å². The monoisotopic (exact) mass is 426 g/mol. The molecule has 164 valence electrons. The Morgan fingerprint density at radius 3 is 2.43 bits per heavy atom. The van der Waals surface area contributed by atoms with Crippen molar-refractivity contribution in [3.8, 4) is 11.5 Å². The molecule has 2 atom stereocenters. The van der Waals surface area contributed by atoms with Crippen LogP contribution in [0.3, 0.4) is 0 Å². The molecule has 2 heterocycles. The Kier molecular flexibility index (Phi) is 5.62. The lowest BCUT2D eigenvalue weighted by atomic mass is 9.96. The van der Waals surface area contributed by atoms with Crippen LogP contribution in [0, 0.1) is 0 Å². The number of methoxy groups -OCH3 is 2. The van der Waals surface area contributed by atoms with Gasteiger partial charge in [-0.1, -0.05) is 6.07 Å². The highest BCUT2D eigenvalue weighted by atomic mass is 19.4. The summed E-state index contributed by atoms with van der Waals surface area (Å²) in [4.78, 5) is 12.7. The van der Waals surface area contributed by atoms with Crippen LogP contribution in [0.4, 0.5) is 19.0 Å². The van der Waals surface area contributed by atoms with E-state index in [-0.39, 0.29) is 17.8 Å². The number of hydrogen-bond donors (Lipinski definition) is 2. The van der Waals surface area contributed by atoms with Crippen molar-refractivity contribution in [2.75, 3.05) is 19.5 Å². The molecule has 0 saturated carbocycles. The number of hydrogen-bond acceptors (Lipinski definition) is 5. The summed E-state index contributed by atoms with van der Waals surface area (Å²) in [5, 5.41) is 9.70. The Labute approximate surface area is 172 Å². The largest absolute Gasteiger partial charge is 0.493 e. The van der Waals surface area contributed by atoms with Crippen LogP contribution in [0.15, 0.2) is 24.4 Å². The lowest BCUT2D eigenvalue weighted by Crippen LogP contribution is -2.41. The van der Waals surface area contributed by atoms with Gasteiger partial charge in [-0.15, -0.1) is 0 Å². The van der Waals surface area contributed by atoms with Crippen molar-refractivity contribution in [2.45, 2.75) is 51.0 Å². The molecule has 10 heteroatoms. The summed E-state index contributed by atoms with van der Waals surface area (Å²) in [6.07, 6.45) is -3.65. The summed E-state index contributed by atoms with van der Waals surface area (Å²) in [5.74, 6) is 0.417. The third-order valence-electron chi connectivity index (χ3n) is 4.78.